The number of amides is 1. The normalized spacial score (nSPS) is 17.7. The molecule has 1 saturated heterocycles. The number of hydrogen-bond acceptors (Lipinski definition) is 4. The number of anilines is 1. The number of fused-ring (bicyclic) bond motifs is 1. The quantitative estimate of drug-likeness (QED) is 0.787. The van der Waals surface area contributed by atoms with Crippen LogP contribution >= 0.6 is 0 Å². The largest absolute Gasteiger partial charge is 0.378 e. The highest BCUT2D eigenvalue weighted by Gasteiger charge is 2.17. The van der Waals surface area contributed by atoms with E-state index >= 15 is 0 Å². The Morgan fingerprint density at radius 2 is 2.09 bits per heavy atom. The zero-order valence-electron chi connectivity index (χ0n) is 12.0. The molecule has 22 heavy (non-hydrogen) atoms. The number of nitrogens with one attached hydrogen (secondary N) is 3. The Bertz CT molecular complexity index is 802. The Morgan fingerprint density at radius 1 is 1.27 bits per heavy atom. The molecule has 116 valence electrons. The van der Waals surface area contributed by atoms with Gasteiger partial charge in [-0.05, 0) is 31.4 Å². The Labute approximate surface area is 125 Å². The Morgan fingerprint density at radius 3 is 2.86 bits per heavy atom. The minimum atomic E-state index is -0.440. The lowest BCUT2D eigenvalue weighted by Crippen LogP contribution is -2.22. The third-order valence-electron chi connectivity index (χ3n) is 3.82. The molecule has 1 aromatic carbocycles. The number of hydrogen-bond donors (Lipinski definition) is 3. The van der Waals surface area contributed by atoms with Gasteiger partial charge in [0.25, 0.3) is 11.1 Å². The van der Waals surface area contributed by atoms with E-state index in [4.69, 9.17) is 4.74 Å². The van der Waals surface area contributed by atoms with Crippen molar-refractivity contribution in [3.8, 4) is 0 Å². The summed E-state index contributed by atoms with van der Waals surface area (Å²) >= 11 is 0. The van der Waals surface area contributed by atoms with Gasteiger partial charge in [-0.25, -0.2) is 0 Å². The van der Waals surface area contributed by atoms with E-state index in [0.717, 1.165) is 19.4 Å². The maximum atomic E-state index is 12.0. The summed E-state index contributed by atoms with van der Waals surface area (Å²) in [6.45, 7) is 0.758. The van der Waals surface area contributed by atoms with Crippen LogP contribution in [0.4, 0.5) is 5.69 Å². The van der Waals surface area contributed by atoms with Crippen LogP contribution in [0.5, 0.6) is 0 Å². The molecule has 0 unspecified atom stereocenters. The molecule has 3 N–H and O–H groups in total. The van der Waals surface area contributed by atoms with Crippen molar-refractivity contribution in [1.29, 1.82) is 0 Å². The molecule has 2 heterocycles. The SMILES string of the molecule is O=C(CC[C@@H]1CCCO1)Nc1cccc2c(=O)[nH][nH]c(=O)c12. The lowest BCUT2D eigenvalue weighted by molar-refractivity contribution is -0.116. The van der Waals surface area contributed by atoms with Crippen LogP contribution in [0.15, 0.2) is 27.8 Å². The average Bonchev–Trinajstić information content (AvgIpc) is 3.02. The molecule has 2 aromatic rings. The maximum Gasteiger partial charge on any atom is 0.272 e. The summed E-state index contributed by atoms with van der Waals surface area (Å²) in [5.41, 5.74) is -0.489. The van der Waals surface area contributed by atoms with E-state index < -0.39 is 11.1 Å². The van der Waals surface area contributed by atoms with Gasteiger partial charge in [0.15, 0.2) is 0 Å². The molecule has 7 heteroatoms. The van der Waals surface area contributed by atoms with Crippen LogP contribution in [-0.4, -0.2) is 28.8 Å². The second-order valence-electron chi connectivity index (χ2n) is 5.36. The Kier molecular flexibility index (Phi) is 4.06. The minimum Gasteiger partial charge on any atom is -0.378 e. The zero-order valence-corrected chi connectivity index (χ0v) is 12.0. The lowest BCUT2D eigenvalue weighted by Gasteiger charge is -2.10. The van der Waals surface area contributed by atoms with Crippen LogP contribution in [0.25, 0.3) is 10.8 Å². The molecule has 0 spiro atoms. The number of carbonyl (C=O) groups excluding carboxylic acids is 1. The first-order valence-electron chi connectivity index (χ1n) is 7.30. The van der Waals surface area contributed by atoms with E-state index in [0.29, 0.717) is 18.5 Å². The molecule has 1 aliphatic rings. The van der Waals surface area contributed by atoms with E-state index in [1.54, 1.807) is 18.2 Å². The maximum absolute atomic E-state index is 12.0. The smallest absolute Gasteiger partial charge is 0.272 e. The van der Waals surface area contributed by atoms with Crippen LogP contribution in [0.2, 0.25) is 0 Å². The summed E-state index contributed by atoms with van der Waals surface area (Å²) in [6.07, 6.45) is 3.14. The first-order valence-corrected chi connectivity index (χ1v) is 7.30. The van der Waals surface area contributed by atoms with Gasteiger partial charge in [0.2, 0.25) is 5.91 Å². The third kappa shape index (κ3) is 2.94. The summed E-state index contributed by atoms with van der Waals surface area (Å²) in [6, 6.07) is 4.79. The molecule has 7 nitrogen and oxygen atoms in total. The third-order valence-corrected chi connectivity index (χ3v) is 3.82. The fourth-order valence-corrected chi connectivity index (χ4v) is 2.71. The van der Waals surface area contributed by atoms with Crippen molar-refractivity contribution in [2.75, 3.05) is 11.9 Å². The summed E-state index contributed by atoms with van der Waals surface area (Å²) in [5.74, 6) is -0.192. The Balaban J connectivity index is 1.78. The molecule has 1 aliphatic heterocycles. The molecule has 1 atom stereocenters. The predicted octanol–water partition coefficient (Wildman–Crippen LogP) is 1.11. The van der Waals surface area contributed by atoms with Crippen LogP contribution in [0.1, 0.15) is 25.7 Å². The van der Waals surface area contributed by atoms with Crippen molar-refractivity contribution in [2.45, 2.75) is 31.8 Å². The van der Waals surface area contributed by atoms with Gasteiger partial charge >= 0.3 is 0 Å². The van der Waals surface area contributed by atoms with Crippen LogP contribution < -0.4 is 16.4 Å². The molecule has 0 aliphatic carbocycles. The summed E-state index contributed by atoms with van der Waals surface area (Å²) in [4.78, 5) is 35.7. The van der Waals surface area contributed by atoms with E-state index in [1.165, 1.54) is 0 Å². The van der Waals surface area contributed by atoms with Crippen molar-refractivity contribution in [2.24, 2.45) is 0 Å². The molecule has 0 radical (unpaired) electrons. The molecule has 0 saturated carbocycles. The highest BCUT2D eigenvalue weighted by atomic mass is 16.5. The first-order chi connectivity index (χ1) is 10.6. The number of aromatic nitrogens is 2. The van der Waals surface area contributed by atoms with Crippen molar-refractivity contribution in [3.05, 3.63) is 38.9 Å². The van der Waals surface area contributed by atoms with Crippen LogP contribution in [0, 0.1) is 0 Å². The standard InChI is InChI=1S/C15H17N3O4/c19-12(7-6-9-3-2-8-22-9)16-11-5-1-4-10-13(11)15(21)18-17-14(10)20/h1,4-5,9H,2-3,6-8H2,(H,16,19)(H,17,20)(H,18,21)/t9-/m0/s1. The number of H-pyrrole nitrogens is 2. The van der Waals surface area contributed by atoms with E-state index in [2.05, 4.69) is 15.5 Å². The monoisotopic (exact) mass is 303 g/mol. The number of benzene rings is 1. The van der Waals surface area contributed by atoms with Gasteiger partial charge < -0.3 is 10.1 Å². The highest BCUT2D eigenvalue weighted by Crippen LogP contribution is 2.19. The number of ether oxygens (including phenoxy) is 1. The second-order valence-corrected chi connectivity index (χ2v) is 5.36. The van der Waals surface area contributed by atoms with Crippen LogP contribution in [-0.2, 0) is 9.53 Å². The topological polar surface area (TPSA) is 104 Å². The molecule has 1 fully saturated rings. The second kappa shape index (κ2) is 6.15. The van der Waals surface area contributed by atoms with Crippen LogP contribution in [0.3, 0.4) is 0 Å². The van der Waals surface area contributed by atoms with Gasteiger partial charge in [-0.3, -0.25) is 24.6 Å². The van der Waals surface area contributed by atoms with Gasteiger partial charge in [0.05, 0.1) is 22.6 Å². The van der Waals surface area contributed by atoms with Gasteiger partial charge in [-0.1, -0.05) is 6.07 Å². The first kappa shape index (κ1) is 14.5. The van der Waals surface area contributed by atoms with E-state index in [1.807, 2.05) is 0 Å². The van der Waals surface area contributed by atoms with Gasteiger partial charge in [-0.15, -0.1) is 0 Å². The fraction of sp³-hybridized carbons (Fsp3) is 0.400. The number of rotatable bonds is 4. The Hall–Kier alpha value is -2.41. The molecular formula is C15H17N3O4. The zero-order chi connectivity index (χ0) is 15.5. The fourth-order valence-electron chi connectivity index (χ4n) is 2.71. The summed E-state index contributed by atoms with van der Waals surface area (Å²) in [7, 11) is 0. The molecule has 1 amide bonds. The van der Waals surface area contributed by atoms with Crippen molar-refractivity contribution >= 4 is 22.4 Å². The predicted molar refractivity (Wildman–Crippen MR) is 82.0 cm³/mol. The van der Waals surface area contributed by atoms with Gasteiger partial charge in [-0.2, -0.15) is 0 Å². The number of carbonyl (C=O) groups is 1. The van der Waals surface area contributed by atoms with Crippen molar-refractivity contribution in [1.82, 2.24) is 10.2 Å². The van der Waals surface area contributed by atoms with Gasteiger partial charge in [0, 0.05) is 13.0 Å². The average molecular weight is 303 g/mol. The number of aromatic amines is 2. The molecular weight excluding hydrogens is 286 g/mol. The minimum absolute atomic E-state index is 0.143. The molecule has 3 rings (SSSR count). The molecule has 0 bridgehead atoms. The van der Waals surface area contributed by atoms with Gasteiger partial charge in [0.1, 0.15) is 0 Å². The van der Waals surface area contributed by atoms with Crippen molar-refractivity contribution in [3.63, 3.8) is 0 Å². The lowest BCUT2D eigenvalue weighted by atomic mass is 10.1. The molecule has 1 aromatic heterocycles. The summed E-state index contributed by atoms with van der Waals surface area (Å²) < 4.78 is 5.48. The summed E-state index contributed by atoms with van der Waals surface area (Å²) in [5, 5.41) is 7.68. The van der Waals surface area contributed by atoms with E-state index in [9.17, 15) is 14.4 Å². The van der Waals surface area contributed by atoms with Crippen molar-refractivity contribution < 1.29 is 9.53 Å². The highest BCUT2D eigenvalue weighted by molar-refractivity contribution is 6.01. The van der Waals surface area contributed by atoms with E-state index in [-0.39, 0.29) is 22.8 Å².